The van der Waals surface area contributed by atoms with Gasteiger partial charge in [0.15, 0.2) is 0 Å². The van der Waals surface area contributed by atoms with E-state index in [1.54, 1.807) is 0 Å². The molecule has 0 saturated carbocycles. The fourth-order valence-electron chi connectivity index (χ4n) is 2.50. The van der Waals surface area contributed by atoms with E-state index in [-0.39, 0.29) is 0 Å². The highest BCUT2D eigenvalue weighted by Crippen LogP contribution is 2.26. The van der Waals surface area contributed by atoms with Crippen molar-refractivity contribution in [1.29, 1.82) is 0 Å². The van der Waals surface area contributed by atoms with Gasteiger partial charge in [-0.25, -0.2) is 0 Å². The van der Waals surface area contributed by atoms with Crippen LogP contribution in [0.25, 0.3) is 11.1 Å². The molecule has 23 heavy (non-hydrogen) atoms. The molecule has 2 aromatic rings. The van der Waals surface area contributed by atoms with E-state index < -0.39 is 6.10 Å². The normalized spacial score (nSPS) is 12.3. The van der Waals surface area contributed by atoms with E-state index in [1.165, 1.54) is 16.7 Å². The first-order chi connectivity index (χ1) is 11.1. The first-order valence-electron chi connectivity index (χ1n) is 8.27. The molecular weight excluding hydrogens is 280 g/mol. The zero-order valence-corrected chi connectivity index (χ0v) is 14.3. The zero-order valence-electron chi connectivity index (χ0n) is 14.3. The number of aliphatic hydroxyl groups excluding tert-OH is 1. The van der Waals surface area contributed by atoms with Crippen LogP contribution in [0.15, 0.2) is 72.3 Å². The molecule has 2 aromatic carbocycles. The first-order valence-corrected chi connectivity index (χ1v) is 8.27. The molecule has 1 heteroatoms. The predicted molar refractivity (Wildman–Crippen MR) is 99.4 cm³/mol. The van der Waals surface area contributed by atoms with Gasteiger partial charge in [-0.05, 0) is 55.0 Å². The molecule has 0 amide bonds. The highest BCUT2D eigenvalue weighted by molar-refractivity contribution is 5.65. The quantitative estimate of drug-likeness (QED) is 0.662. The molecule has 1 unspecified atom stereocenters. The van der Waals surface area contributed by atoms with Crippen molar-refractivity contribution in [3.63, 3.8) is 0 Å². The Hall–Kier alpha value is -2.12. The zero-order chi connectivity index (χ0) is 16.7. The van der Waals surface area contributed by atoms with Crippen LogP contribution in [0.3, 0.4) is 0 Å². The van der Waals surface area contributed by atoms with Crippen LogP contribution in [0.4, 0.5) is 0 Å². The van der Waals surface area contributed by atoms with E-state index >= 15 is 0 Å². The minimum atomic E-state index is -0.552. The fraction of sp³-hybridized carbons (Fsp3) is 0.273. The van der Waals surface area contributed by atoms with Crippen molar-refractivity contribution in [2.75, 3.05) is 0 Å². The van der Waals surface area contributed by atoms with Crippen LogP contribution < -0.4 is 0 Å². The third-order valence-corrected chi connectivity index (χ3v) is 3.76. The number of allylic oxidation sites excluding steroid dienone is 3. The molecule has 2 rings (SSSR count). The lowest BCUT2D eigenvalue weighted by Crippen LogP contribution is -1.96. The Labute approximate surface area is 140 Å². The summed E-state index contributed by atoms with van der Waals surface area (Å²) in [6.45, 7) is 6.30. The molecule has 0 saturated heterocycles. The topological polar surface area (TPSA) is 20.2 Å². The van der Waals surface area contributed by atoms with Crippen LogP contribution in [-0.2, 0) is 6.42 Å². The van der Waals surface area contributed by atoms with Crippen molar-refractivity contribution in [3.8, 4) is 11.1 Å². The third-order valence-electron chi connectivity index (χ3n) is 3.76. The summed E-state index contributed by atoms with van der Waals surface area (Å²) in [5, 5.41) is 10.4. The van der Waals surface area contributed by atoms with Crippen molar-refractivity contribution < 1.29 is 5.11 Å². The van der Waals surface area contributed by atoms with Crippen LogP contribution >= 0.6 is 0 Å². The molecule has 1 N–H and O–H groups in total. The summed E-state index contributed by atoms with van der Waals surface area (Å²) in [5.41, 5.74) is 5.83. The van der Waals surface area contributed by atoms with Crippen molar-refractivity contribution in [1.82, 2.24) is 0 Å². The first kappa shape index (κ1) is 17.2. The van der Waals surface area contributed by atoms with Crippen molar-refractivity contribution >= 4 is 0 Å². The van der Waals surface area contributed by atoms with Gasteiger partial charge in [-0.1, -0.05) is 73.2 Å². The van der Waals surface area contributed by atoms with Crippen LogP contribution in [-0.4, -0.2) is 5.11 Å². The molecule has 0 aliphatic rings. The minimum absolute atomic E-state index is 0.552. The van der Waals surface area contributed by atoms with Crippen LogP contribution in [0, 0.1) is 0 Å². The van der Waals surface area contributed by atoms with Gasteiger partial charge in [-0.3, -0.25) is 0 Å². The van der Waals surface area contributed by atoms with Gasteiger partial charge in [0, 0.05) is 0 Å². The molecule has 1 atom stereocenters. The standard InChI is InChI=1S/C22H26O/c1-4-5-11-22(23)21-15-18(13-12-17(2)3)14-20(16-21)19-9-7-6-8-10-19/h5-12,14-16,22-23H,4,13H2,1-3H3/b11-5+. The number of benzene rings is 2. The van der Waals surface area contributed by atoms with E-state index in [9.17, 15) is 5.11 Å². The van der Waals surface area contributed by atoms with Gasteiger partial charge in [-0.2, -0.15) is 0 Å². The minimum Gasteiger partial charge on any atom is -0.384 e. The van der Waals surface area contributed by atoms with Crippen molar-refractivity contribution in [3.05, 3.63) is 83.5 Å². The molecule has 0 aromatic heterocycles. The Kier molecular flexibility index (Phi) is 6.37. The Bertz CT molecular complexity index is 676. The largest absolute Gasteiger partial charge is 0.384 e. The Morgan fingerprint density at radius 2 is 1.78 bits per heavy atom. The number of rotatable bonds is 6. The van der Waals surface area contributed by atoms with Crippen molar-refractivity contribution in [2.24, 2.45) is 0 Å². The van der Waals surface area contributed by atoms with Gasteiger partial charge >= 0.3 is 0 Å². The highest BCUT2D eigenvalue weighted by atomic mass is 16.3. The second kappa shape index (κ2) is 8.50. The van der Waals surface area contributed by atoms with Crippen LogP contribution in [0.5, 0.6) is 0 Å². The maximum absolute atomic E-state index is 10.4. The highest BCUT2D eigenvalue weighted by Gasteiger charge is 2.08. The van der Waals surface area contributed by atoms with E-state index in [2.05, 4.69) is 57.2 Å². The summed E-state index contributed by atoms with van der Waals surface area (Å²) in [4.78, 5) is 0. The lowest BCUT2D eigenvalue weighted by atomic mass is 9.95. The van der Waals surface area contributed by atoms with E-state index in [1.807, 2.05) is 30.4 Å². The summed E-state index contributed by atoms with van der Waals surface area (Å²) < 4.78 is 0. The van der Waals surface area contributed by atoms with E-state index in [4.69, 9.17) is 0 Å². The lowest BCUT2D eigenvalue weighted by molar-refractivity contribution is 0.228. The summed E-state index contributed by atoms with van der Waals surface area (Å²) in [6, 6.07) is 16.7. The van der Waals surface area contributed by atoms with E-state index in [0.717, 1.165) is 24.0 Å². The molecular formula is C22H26O. The predicted octanol–water partition coefficient (Wildman–Crippen LogP) is 5.86. The smallest absolute Gasteiger partial charge is 0.0972 e. The Morgan fingerprint density at radius 3 is 2.43 bits per heavy atom. The Balaban J connectivity index is 2.43. The Morgan fingerprint density at radius 1 is 1.04 bits per heavy atom. The molecule has 0 aliphatic heterocycles. The molecule has 0 aliphatic carbocycles. The van der Waals surface area contributed by atoms with Gasteiger partial charge in [0.25, 0.3) is 0 Å². The third kappa shape index (κ3) is 5.22. The van der Waals surface area contributed by atoms with Crippen molar-refractivity contribution in [2.45, 2.75) is 39.7 Å². The lowest BCUT2D eigenvalue weighted by Gasteiger charge is -2.12. The summed E-state index contributed by atoms with van der Waals surface area (Å²) in [7, 11) is 0. The SMILES string of the molecule is CC/C=C/C(O)c1cc(CC=C(C)C)cc(-c2ccccc2)c1. The monoisotopic (exact) mass is 306 g/mol. The number of hydrogen-bond acceptors (Lipinski definition) is 1. The second-order valence-electron chi connectivity index (χ2n) is 6.10. The molecule has 0 spiro atoms. The summed E-state index contributed by atoms with van der Waals surface area (Å²) in [6.07, 6.45) is 7.37. The molecule has 1 nitrogen and oxygen atoms in total. The maximum atomic E-state index is 10.4. The molecule has 0 bridgehead atoms. The molecule has 120 valence electrons. The fourth-order valence-corrected chi connectivity index (χ4v) is 2.50. The average molecular weight is 306 g/mol. The number of aliphatic hydroxyl groups is 1. The summed E-state index contributed by atoms with van der Waals surface area (Å²) in [5.74, 6) is 0. The van der Waals surface area contributed by atoms with Crippen LogP contribution in [0.1, 0.15) is 44.4 Å². The molecule has 0 radical (unpaired) electrons. The number of hydrogen-bond donors (Lipinski definition) is 1. The van der Waals surface area contributed by atoms with E-state index in [0.29, 0.717) is 0 Å². The van der Waals surface area contributed by atoms with Gasteiger partial charge in [-0.15, -0.1) is 0 Å². The van der Waals surface area contributed by atoms with Gasteiger partial charge in [0.05, 0.1) is 6.10 Å². The average Bonchev–Trinajstić information content (AvgIpc) is 2.58. The maximum Gasteiger partial charge on any atom is 0.0972 e. The van der Waals surface area contributed by atoms with Gasteiger partial charge in [0.2, 0.25) is 0 Å². The van der Waals surface area contributed by atoms with Gasteiger partial charge < -0.3 is 5.11 Å². The summed E-state index contributed by atoms with van der Waals surface area (Å²) >= 11 is 0. The van der Waals surface area contributed by atoms with Gasteiger partial charge in [0.1, 0.15) is 0 Å². The second-order valence-corrected chi connectivity index (χ2v) is 6.10. The molecule has 0 heterocycles. The van der Waals surface area contributed by atoms with Crippen LogP contribution in [0.2, 0.25) is 0 Å². The molecule has 0 fully saturated rings.